The second-order valence-corrected chi connectivity index (χ2v) is 5.93. The number of carboxylic acids is 1. The third kappa shape index (κ3) is 3.62. The van der Waals surface area contributed by atoms with E-state index in [0.717, 1.165) is 49.6 Å². The fourth-order valence-corrected chi connectivity index (χ4v) is 2.94. The molecule has 0 aliphatic heterocycles. The fraction of sp³-hybridized carbons (Fsp3) is 0.316. The number of carbonyl (C=O) groups excluding carboxylic acids is 1. The Morgan fingerprint density at radius 2 is 1.92 bits per heavy atom. The van der Waals surface area contributed by atoms with Crippen LogP contribution in [-0.2, 0) is 19.4 Å². The Bertz CT molecular complexity index is 753. The van der Waals surface area contributed by atoms with Crippen LogP contribution in [0, 0.1) is 0 Å². The van der Waals surface area contributed by atoms with Crippen LogP contribution >= 0.6 is 0 Å². The molecule has 5 nitrogen and oxygen atoms in total. The summed E-state index contributed by atoms with van der Waals surface area (Å²) in [5, 5.41) is 9.47. The Hall–Kier alpha value is -2.69. The largest absolute Gasteiger partial charge is 0.487 e. The quantitative estimate of drug-likeness (QED) is 0.673. The molecule has 1 aliphatic rings. The third-order valence-corrected chi connectivity index (χ3v) is 4.25. The van der Waals surface area contributed by atoms with Crippen molar-refractivity contribution in [1.29, 1.82) is 0 Å². The van der Waals surface area contributed by atoms with Crippen molar-refractivity contribution >= 4 is 12.3 Å². The predicted molar refractivity (Wildman–Crippen MR) is 88.6 cm³/mol. The molecule has 0 spiro atoms. The summed E-state index contributed by atoms with van der Waals surface area (Å²) in [4.78, 5) is 26.8. The molecule has 0 saturated heterocycles. The minimum Gasteiger partial charge on any atom is -0.487 e. The van der Waals surface area contributed by atoms with E-state index in [1.807, 2.05) is 0 Å². The highest BCUT2D eigenvalue weighted by Gasteiger charge is 2.18. The molecule has 0 radical (unpaired) electrons. The van der Waals surface area contributed by atoms with Gasteiger partial charge < -0.3 is 9.84 Å². The smallest absolute Gasteiger partial charge is 0.337 e. The lowest BCUT2D eigenvalue weighted by molar-refractivity contribution is 0.0692. The normalized spacial score (nSPS) is 13.7. The average Bonchev–Trinajstić information content (AvgIpc) is 2.84. The van der Waals surface area contributed by atoms with E-state index in [0.29, 0.717) is 17.0 Å². The van der Waals surface area contributed by atoms with E-state index < -0.39 is 5.97 Å². The van der Waals surface area contributed by atoms with Gasteiger partial charge in [-0.05, 0) is 61.6 Å². The monoisotopic (exact) mass is 325 g/mol. The van der Waals surface area contributed by atoms with E-state index >= 15 is 0 Å². The van der Waals surface area contributed by atoms with Crippen LogP contribution in [0.5, 0.6) is 5.75 Å². The third-order valence-electron chi connectivity index (χ3n) is 4.25. The molecule has 2 aromatic rings. The van der Waals surface area contributed by atoms with E-state index in [2.05, 4.69) is 4.98 Å². The molecule has 1 aliphatic carbocycles. The summed E-state index contributed by atoms with van der Waals surface area (Å²) in [5.41, 5.74) is 3.26. The van der Waals surface area contributed by atoms with E-state index in [9.17, 15) is 14.7 Å². The summed E-state index contributed by atoms with van der Waals surface area (Å²) in [5.74, 6) is -0.405. The molecule has 0 bridgehead atoms. The lowest BCUT2D eigenvalue weighted by atomic mass is 10.0. The van der Waals surface area contributed by atoms with Crippen LogP contribution in [0.1, 0.15) is 56.9 Å². The van der Waals surface area contributed by atoms with Crippen LogP contribution in [0.3, 0.4) is 0 Å². The topological polar surface area (TPSA) is 76.5 Å². The Morgan fingerprint density at radius 3 is 2.62 bits per heavy atom. The number of nitrogens with zero attached hydrogens (tertiary/aromatic N) is 1. The number of hydrogen-bond acceptors (Lipinski definition) is 4. The number of aryl methyl sites for hydroxylation is 2. The van der Waals surface area contributed by atoms with Gasteiger partial charge in [0.05, 0.1) is 11.3 Å². The summed E-state index contributed by atoms with van der Waals surface area (Å²) in [6.45, 7) is 0.0926. The van der Waals surface area contributed by atoms with Crippen molar-refractivity contribution in [3.05, 3.63) is 58.4 Å². The summed E-state index contributed by atoms with van der Waals surface area (Å²) in [6.07, 6.45) is 5.84. The first-order valence-electron chi connectivity index (χ1n) is 8.10. The van der Waals surface area contributed by atoms with Crippen molar-refractivity contribution in [3.63, 3.8) is 0 Å². The summed E-state index contributed by atoms with van der Waals surface area (Å²) in [6, 6.07) is 8.45. The molecular formula is C19H19NO4. The molecule has 1 heterocycles. The van der Waals surface area contributed by atoms with Gasteiger partial charge in [0.15, 0.2) is 0 Å². The van der Waals surface area contributed by atoms with Gasteiger partial charge >= 0.3 is 5.97 Å². The fourth-order valence-electron chi connectivity index (χ4n) is 2.94. The molecule has 3 rings (SSSR count). The van der Waals surface area contributed by atoms with Gasteiger partial charge in [-0.2, -0.15) is 0 Å². The highest BCUT2D eigenvalue weighted by Crippen LogP contribution is 2.23. The number of carboxylic acid groups (broad SMARTS) is 1. The van der Waals surface area contributed by atoms with Crippen molar-refractivity contribution in [2.24, 2.45) is 0 Å². The maximum atomic E-state index is 11.6. The van der Waals surface area contributed by atoms with Gasteiger partial charge in [0.1, 0.15) is 18.6 Å². The standard InChI is InChI=1S/C19H19NO4/c21-11-13-6-8-15(9-7-13)24-12-18-16(19(22)23)10-14-4-2-1-3-5-17(14)20-18/h6-11H,1-5,12H2,(H,22,23). The SMILES string of the molecule is O=Cc1ccc(OCc2nc3c(cc2C(=O)O)CCCCC3)cc1. The van der Waals surface area contributed by atoms with Gasteiger partial charge in [0.25, 0.3) is 0 Å². The Balaban J connectivity index is 1.83. The molecule has 0 atom stereocenters. The zero-order valence-electron chi connectivity index (χ0n) is 13.3. The molecule has 1 aromatic heterocycles. The number of aromatic nitrogens is 1. The van der Waals surface area contributed by atoms with Crippen molar-refractivity contribution in [3.8, 4) is 5.75 Å². The Morgan fingerprint density at radius 1 is 1.17 bits per heavy atom. The second-order valence-electron chi connectivity index (χ2n) is 5.93. The summed E-state index contributed by atoms with van der Waals surface area (Å²) in [7, 11) is 0. The molecule has 0 fully saturated rings. The number of aromatic carboxylic acids is 1. The van der Waals surface area contributed by atoms with Crippen LogP contribution in [0.2, 0.25) is 0 Å². The van der Waals surface area contributed by atoms with Gasteiger partial charge in [-0.1, -0.05) is 6.42 Å². The molecule has 0 unspecified atom stereocenters. The number of fused-ring (bicyclic) bond motifs is 1. The zero-order valence-corrected chi connectivity index (χ0v) is 13.3. The summed E-state index contributed by atoms with van der Waals surface area (Å²) < 4.78 is 5.66. The Kier molecular flexibility index (Phi) is 4.89. The van der Waals surface area contributed by atoms with E-state index in [-0.39, 0.29) is 12.2 Å². The minimum absolute atomic E-state index is 0.0926. The first-order chi connectivity index (χ1) is 11.7. The van der Waals surface area contributed by atoms with Crippen molar-refractivity contribution in [1.82, 2.24) is 4.98 Å². The van der Waals surface area contributed by atoms with Gasteiger partial charge in [0, 0.05) is 11.3 Å². The molecular weight excluding hydrogens is 306 g/mol. The zero-order chi connectivity index (χ0) is 16.9. The lowest BCUT2D eigenvalue weighted by Crippen LogP contribution is -2.12. The maximum Gasteiger partial charge on any atom is 0.337 e. The second kappa shape index (κ2) is 7.25. The molecule has 1 N–H and O–H groups in total. The van der Waals surface area contributed by atoms with E-state index in [1.54, 1.807) is 30.3 Å². The lowest BCUT2D eigenvalue weighted by Gasteiger charge is -2.12. The average molecular weight is 325 g/mol. The van der Waals surface area contributed by atoms with E-state index in [4.69, 9.17) is 4.74 Å². The number of pyridine rings is 1. The van der Waals surface area contributed by atoms with Crippen LogP contribution in [0.25, 0.3) is 0 Å². The first-order valence-corrected chi connectivity index (χ1v) is 8.10. The van der Waals surface area contributed by atoms with Crippen LogP contribution in [-0.4, -0.2) is 22.3 Å². The van der Waals surface area contributed by atoms with Gasteiger partial charge in [0.2, 0.25) is 0 Å². The van der Waals surface area contributed by atoms with Crippen molar-refractivity contribution in [2.75, 3.05) is 0 Å². The molecule has 0 saturated carbocycles. The molecule has 124 valence electrons. The minimum atomic E-state index is -0.982. The van der Waals surface area contributed by atoms with Gasteiger partial charge in [-0.25, -0.2) is 4.79 Å². The number of rotatable bonds is 5. The van der Waals surface area contributed by atoms with Gasteiger partial charge in [-0.15, -0.1) is 0 Å². The van der Waals surface area contributed by atoms with E-state index in [1.165, 1.54) is 0 Å². The highest BCUT2D eigenvalue weighted by molar-refractivity contribution is 5.89. The molecule has 5 heteroatoms. The number of aldehydes is 1. The van der Waals surface area contributed by atoms with Crippen LogP contribution < -0.4 is 4.74 Å². The molecule has 24 heavy (non-hydrogen) atoms. The molecule has 1 aromatic carbocycles. The van der Waals surface area contributed by atoms with Crippen molar-refractivity contribution in [2.45, 2.75) is 38.7 Å². The maximum absolute atomic E-state index is 11.6. The number of hydrogen-bond donors (Lipinski definition) is 1. The van der Waals surface area contributed by atoms with Gasteiger partial charge in [-0.3, -0.25) is 9.78 Å². The number of carbonyl (C=O) groups is 2. The molecule has 0 amide bonds. The summed E-state index contributed by atoms with van der Waals surface area (Å²) >= 11 is 0. The Labute approximate surface area is 140 Å². The number of ether oxygens (including phenoxy) is 1. The van der Waals surface area contributed by atoms with Crippen molar-refractivity contribution < 1.29 is 19.4 Å². The first kappa shape index (κ1) is 16.2. The van der Waals surface area contributed by atoms with Crippen LogP contribution in [0.15, 0.2) is 30.3 Å². The number of benzene rings is 1. The van der Waals surface area contributed by atoms with Crippen LogP contribution in [0.4, 0.5) is 0 Å². The predicted octanol–water partition coefficient (Wildman–Crippen LogP) is 3.44. The highest BCUT2D eigenvalue weighted by atomic mass is 16.5.